The minimum Gasteiger partial charge on any atom is -0.226 e. The first-order valence-electron chi connectivity index (χ1n) is 6.31. The van der Waals surface area contributed by atoms with Gasteiger partial charge in [-0.2, -0.15) is 4.68 Å². The molecule has 0 aliphatic heterocycles. The Balaban J connectivity index is 1.93. The predicted octanol–water partition coefficient (Wildman–Crippen LogP) is 2.82. The second-order valence-electron chi connectivity index (χ2n) is 4.11. The highest BCUT2D eigenvalue weighted by Gasteiger charge is 2.12. The van der Waals surface area contributed by atoms with Crippen LogP contribution in [0.25, 0.3) is 5.69 Å². The zero-order chi connectivity index (χ0) is 14.7. The second kappa shape index (κ2) is 6.19. The highest BCUT2D eigenvalue weighted by Crippen LogP contribution is 2.26. The monoisotopic (exact) mass is 318 g/mol. The molecule has 6 nitrogen and oxygen atoms in total. The minimum absolute atomic E-state index is 0.420. The normalized spacial score (nSPS) is 10.8. The minimum atomic E-state index is 0.420. The molecule has 0 bridgehead atoms. The Bertz CT molecular complexity index is 745. The van der Waals surface area contributed by atoms with Gasteiger partial charge in [0.25, 0.3) is 0 Å². The lowest BCUT2D eigenvalue weighted by Crippen LogP contribution is -1.99. The van der Waals surface area contributed by atoms with Crippen LogP contribution in [-0.2, 0) is 6.42 Å². The van der Waals surface area contributed by atoms with Crippen LogP contribution in [0.3, 0.4) is 0 Å². The van der Waals surface area contributed by atoms with Gasteiger partial charge in [0.2, 0.25) is 5.16 Å². The summed E-state index contributed by atoms with van der Waals surface area (Å²) in [4.78, 5) is 8.56. The van der Waals surface area contributed by atoms with Crippen molar-refractivity contribution in [1.82, 2.24) is 30.2 Å². The lowest BCUT2D eigenvalue weighted by atomic mass is 10.3. The fourth-order valence-corrected chi connectivity index (χ4v) is 2.80. The van der Waals surface area contributed by atoms with Crippen LogP contribution < -0.4 is 0 Å². The van der Waals surface area contributed by atoms with E-state index in [1.165, 1.54) is 11.8 Å². The number of rotatable bonds is 4. The standard InChI is InChI=1S/C13H11ClN6S/c1-2-11-15-10(14)8-12(16-11)21-13-17-18-19-20(13)9-6-4-3-5-7-9/h3-8H,2H2,1H3. The lowest BCUT2D eigenvalue weighted by molar-refractivity contribution is 0.755. The van der Waals surface area contributed by atoms with E-state index in [0.717, 1.165) is 17.1 Å². The summed E-state index contributed by atoms with van der Waals surface area (Å²) in [6.07, 6.45) is 0.720. The number of halogens is 1. The number of aromatic nitrogens is 6. The molecule has 0 fully saturated rings. The van der Waals surface area contributed by atoms with Crippen molar-refractivity contribution >= 4 is 23.4 Å². The molecule has 0 N–H and O–H groups in total. The van der Waals surface area contributed by atoms with Gasteiger partial charge >= 0.3 is 0 Å². The molecular formula is C13H11ClN6S. The first-order chi connectivity index (χ1) is 10.3. The molecule has 1 aromatic carbocycles. The number of nitrogens with zero attached hydrogens (tertiary/aromatic N) is 6. The topological polar surface area (TPSA) is 69.4 Å². The zero-order valence-corrected chi connectivity index (χ0v) is 12.7. The van der Waals surface area contributed by atoms with Gasteiger partial charge in [-0.05, 0) is 34.3 Å². The third kappa shape index (κ3) is 3.20. The molecule has 3 aromatic rings. The van der Waals surface area contributed by atoms with Crippen LogP contribution in [0.1, 0.15) is 12.7 Å². The summed E-state index contributed by atoms with van der Waals surface area (Å²) in [5, 5.41) is 13.5. The van der Waals surface area contributed by atoms with Gasteiger partial charge in [0.05, 0.1) is 5.69 Å². The van der Waals surface area contributed by atoms with E-state index in [-0.39, 0.29) is 0 Å². The molecule has 0 aliphatic carbocycles. The maximum absolute atomic E-state index is 6.00. The summed E-state index contributed by atoms with van der Waals surface area (Å²) in [6.45, 7) is 1.98. The van der Waals surface area contributed by atoms with E-state index in [0.29, 0.717) is 16.1 Å². The molecule has 0 spiro atoms. The van der Waals surface area contributed by atoms with Crippen molar-refractivity contribution in [2.75, 3.05) is 0 Å². The molecule has 106 valence electrons. The molecule has 0 radical (unpaired) electrons. The Morgan fingerprint density at radius 1 is 1.19 bits per heavy atom. The average Bonchev–Trinajstić information content (AvgIpc) is 2.95. The van der Waals surface area contributed by atoms with Crippen molar-refractivity contribution in [2.45, 2.75) is 23.5 Å². The molecule has 0 saturated carbocycles. The van der Waals surface area contributed by atoms with E-state index in [4.69, 9.17) is 11.6 Å². The zero-order valence-electron chi connectivity index (χ0n) is 11.1. The van der Waals surface area contributed by atoms with Crippen LogP contribution in [0.15, 0.2) is 46.6 Å². The first-order valence-corrected chi connectivity index (χ1v) is 7.51. The number of benzene rings is 1. The van der Waals surface area contributed by atoms with Gasteiger partial charge in [0.15, 0.2) is 0 Å². The van der Waals surface area contributed by atoms with Crippen LogP contribution in [0.5, 0.6) is 0 Å². The summed E-state index contributed by atoms with van der Waals surface area (Å²) < 4.78 is 1.66. The summed E-state index contributed by atoms with van der Waals surface area (Å²) in [5.74, 6) is 0.698. The van der Waals surface area contributed by atoms with Gasteiger partial charge in [-0.1, -0.05) is 36.7 Å². The molecule has 0 atom stereocenters. The Hall–Kier alpha value is -1.99. The van der Waals surface area contributed by atoms with Gasteiger partial charge in [-0.25, -0.2) is 9.97 Å². The first kappa shape index (κ1) is 14.0. The predicted molar refractivity (Wildman–Crippen MR) is 79.7 cm³/mol. The largest absolute Gasteiger partial charge is 0.226 e. The van der Waals surface area contributed by atoms with E-state index < -0.39 is 0 Å². The van der Waals surface area contributed by atoms with Gasteiger partial charge in [0.1, 0.15) is 16.0 Å². The fraction of sp³-hybridized carbons (Fsp3) is 0.154. The van der Waals surface area contributed by atoms with E-state index in [1.54, 1.807) is 10.7 Å². The van der Waals surface area contributed by atoms with Crippen molar-refractivity contribution in [3.05, 3.63) is 47.4 Å². The van der Waals surface area contributed by atoms with Crippen LogP contribution in [0.4, 0.5) is 0 Å². The molecule has 3 rings (SSSR count). The van der Waals surface area contributed by atoms with Crippen molar-refractivity contribution in [3.8, 4) is 5.69 Å². The number of tetrazole rings is 1. The highest BCUT2D eigenvalue weighted by atomic mass is 35.5. The summed E-state index contributed by atoms with van der Waals surface area (Å²) >= 11 is 7.35. The van der Waals surface area contributed by atoms with Crippen LogP contribution in [-0.4, -0.2) is 30.2 Å². The lowest BCUT2D eigenvalue weighted by Gasteiger charge is -2.04. The second-order valence-corrected chi connectivity index (χ2v) is 5.48. The Kier molecular flexibility index (Phi) is 4.12. The third-order valence-electron chi connectivity index (χ3n) is 2.67. The van der Waals surface area contributed by atoms with E-state index >= 15 is 0 Å². The number of para-hydroxylation sites is 1. The van der Waals surface area contributed by atoms with Gasteiger partial charge in [-0.3, -0.25) is 0 Å². The van der Waals surface area contributed by atoms with Gasteiger partial charge in [-0.15, -0.1) is 5.10 Å². The van der Waals surface area contributed by atoms with E-state index in [1.807, 2.05) is 37.3 Å². The Labute approximate surface area is 130 Å². The molecule has 21 heavy (non-hydrogen) atoms. The molecule has 2 aromatic heterocycles. The highest BCUT2D eigenvalue weighted by molar-refractivity contribution is 7.99. The summed E-state index contributed by atoms with van der Waals surface area (Å²) in [6, 6.07) is 11.4. The maximum Gasteiger partial charge on any atom is 0.220 e. The van der Waals surface area contributed by atoms with Crippen LogP contribution >= 0.6 is 23.4 Å². The maximum atomic E-state index is 6.00. The van der Waals surface area contributed by atoms with Crippen molar-refractivity contribution in [3.63, 3.8) is 0 Å². The van der Waals surface area contributed by atoms with Gasteiger partial charge < -0.3 is 0 Å². The smallest absolute Gasteiger partial charge is 0.220 e. The number of hydrogen-bond acceptors (Lipinski definition) is 6. The Morgan fingerprint density at radius 2 is 2.00 bits per heavy atom. The molecule has 0 unspecified atom stereocenters. The van der Waals surface area contributed by atoms with Crippen molar-refractivity contribution in [2.24, 2.45) is 0 Å². The molecule has 0 saturated heterocycles. The molecule has 8 heteroatoms. The molecule has 2 heterocycles. The van der Waals surface area contributed by atoms with Crippen LogP contribution in [0.2, 0.25) is 5.15 Å². The third-order valence-corrected chi connectivity index (χ3v) is 3.72. The Morgan fingerprint density at radius 3 is 2.76 bits per heavy atom. The average molecular weight is 319 g/mol. The fourth-order valence-electron chi connectivity index (χ4n) is 1.72. The van der Waals surface area contributed by atoms with E-state index in [9.17, 15) is 0 Å². The van der Waals surface area contributed by atoms with Gasteiger partial charge in [0, 0.05) is 12.5 Å². The van der Waals surface area contributed by atoms with E-state index in [2.05, 4.69) is 25.5 Å². The number of aryl methyl sites for hydroxylation is 1. The molecular weight excluding hydrogens is 308 g/mol. The summed E-state index contributed by atoms with van der Waals surface area (Å²) in [5.41, 5.74) is 0.890. The quantitative estimate of drug-likeness (QED) is 0.689. The van der Waals surface area contributed by atoms with Crippen molar-refractivity contribution in [1.29, 1.82) is 0 Å². The summed E-state index contributed by atoms with van der Waals surface area (Å²) in [7, 11) is 0. The SMILES string of the molecule is CCc1nc(Cl)cc(Sc2nnnn2-c2ccccc2)n1. The van der Waals surface area contributed by atoms with Crippen molar-refractivity contribution < 1.29 is 0 Å². The van der Waals surface area contributed by atoms with Crippen LogP contribution in [0, 0.1) is 0 Å². The number of hydrogen-bond donors (Lipinski definition) is 0. The molecule has 0 amide bonds. The molecule has 0 aliphatic rings.